The van der Waals surface area contributed by atoms with E-state index in [0.717, 1.165) is 12.0 Å². The van der Waals surface area contributed by atoms with Crippen molar-refractivity contribution >= 4 is 12.4 Å². The summed E-state index contributed by atoms with van der Waals surface area (Å²) in [7, 11) is 1.84. The van der Waals surface area contributed by atoms with Gasteiger partial charge in [-0.3, -0.25) is 9.48 Å². The van der Waals surface area contributed by atoms with Crippen LogP contribution in [0.5, 0.6) is 0 Å². The van der Waals surface area contributed by atoms with Gasteiger partial charge in [-0.05, 0) is 24.6 Å². The van der Waals surface area contributed by atoms with Gasteiger partial charge in [-0.1, -0.05) is 0 Å². The van der Waals surface area contributed by atoms with Crippen LogP contribution in [0.3, 0.4) is 0 Å². The molecule has 0 aliphatic heterocycles. The third-order valence-corrected chi connectivity index (χ3v) is 1.42. The first-order valence-electron chi connectivity index (χ1n) is 3.35. The lowest BCUT2D eigenvalue weighted by Gasteiger charge is -1.93. The molecule has 11 heavy (non-hydrogen) atoms. The summed E-state index contributed by atoms with van der Waals surface area (Å²) in [6.07, 6.45) is 4.32. The Kier molecular flexibility index (Phi) is 2.21. The van der Waals surface area contributed by atoms with E-state index in [-0.39, 0.29) is 0 Å². The average Bonchev–Trinajstić information content (AvgIpc) is 2.37. The highest BCUT2D eigenvalue weighted by Crippen LogP contribution is 2.02. The van der Waals surface area contributed by atoms with Gasteiger partial charge in [0, 0.05) is 13.2 Å². The molecule has 0 aromatic carbocycles. The minimum atomic E-state index is 0.702. The molecule has 0 unspecified atom stereocenters. The zero-order chi connectivity index (χ0) is 8.27. The van der Waals surface area contributed by atoms with Gasteiger partial charge in [0.05, 0.1) is 5.69 Å². The summed E-state index contributed by atoms with van der Waals surface area (Å²) in [5.74, 6) is 0. The number of hydrogen-bond acceptors (Lipinski definition) is 2. The molecule has 1 aromatic rings. The van der Waals surface area contributed by atoms with Gasteiger partial charge in [-0.25, -0.2) is 0 Å². The zero-order valence-corrected chi connectivity index (χ0v) is 6.61. The van der Waals surface area contributed by atoms with Crippen molar-refractivity contribution in [1.29, 1.82) is 0 Å². The number of aryl methyl sites for hydroxylation is 1. The molecule has 1 aromatic heterocycles. The largest absolute Gasteiger partial charge is 0.298 e. The fourth-order valence-corrected chi connectivity index (χ4v) is 0.793. The highest BCUT2D eigenvalue weighted by atomic mass is 16.1. The van der Waals surface area contributed by atoms with E-state index in [1.807, 2.05) is 13.1 Å². The average molecular weight is 150 g/mol. The summed E-state index contributed by atoms with van der Waals surface area (Å²) < 4.78 is 1.72. The molecule has 3 nitrogen and oxygen atoms in total. The molecule has 0 aliphatic carbocycles. The molecule has 0 aliphatic rings. The molecule has 0 atom stereocenters. The fraction of sp³-hybridized carbons (Fsp3) is 0.250. The Labute approximate surface area is 65.3 Å². The number of hydrogen-bond donors (Lipinski definition) is 0. The van der Waals surface area contributed by atoms with Crippen molar-refractivity contribution in [2.45, 2.75) is 6.92 Å². The summed E-state index contributed by atoms with van der Waals surface area (Å²) in [5.41, 5.74) is 1.64. The van der Waals surface area contributed by atoms with E-state index in [2.05, 4.69) is 5.10 Å². The van der Waals surface area contributed by atoms with E-state index in [9.17, 15) is 4.79 Å². The summed E-state index contributed by atoms with van der Waals surface area (Å²) in [4.78, 5) is 10.2. The van der Waals surface area contributed by atoms with Gasteiger partial charge in [0.15, 0.2) is 0 Å². The summed E-state index contributed by atoms with van der Waals surface area (Å²) >= 11 is 0. The van der Waals surface area contributed by atoms with Gasteiger partial charge < -0.3 is 0 Å². The van der Waals surface area contributed by atoms with Crippen molar-refractivity contribution in [3.05, 3.63) is 23.5 Å². The van der Waals surface area contributed by atoms with E-state index in [1.165, 1.54) is 0 Å². The Hall–Kier alpha value is -1.38. The van der Waals surface area contributed by atoms with E-state index in [4.69, 9.17) is 0 Å². The Bertz CT molecular complexity index is 286. The SMILES string of the molecule is C/C(C=O)=C\c1ccnn1C. The molecule has 1 heterocycles. The van der Waals surface area contributed by atoms with Crippen molar-refractivity contribution in [3.8, 4) is 0 Å². The van der Waals surface area contributed by atoms with Crippen LogP contribution in [0.4, 0.5) is 0 Å². The summed E-state index contributed by atoms with van der Waals surface area (Å²) in [6.45, 7) is 1.76. The fourth-order valence-electron chi connectivity index (χ4n) is 0.793. The van der Waals surface area contributed by atoms with Crippen LogP contribution in [0.2, 0.25) is 0 Å². The molecule has 0 saturated heterocycles. The maximum atomic E-state index is 10.2. The van der Waals surface area contributed by atoms with Crippen LogP contribution in [-0.2, 0) is 11.8 Å². The van der Waals surface area contributed by atoms with Crippen LogP contribution in [0.1, 0.15) is 12.6 Å². The normalized spacial score (nSPS) is 11.6. The lowest BCUT2D eigenvalue weighted by Crippen LogP contribution is -1.92. The number of aromatic nitrogens is 2. The van der Waals surface area contributed by atoms with Gasteiger partial charge in [0.25, 0.3) is 0 Å². The Morgan fingerprint density at radius 1 is 1.73 bits per heavy atom. The quantitative estimate of drug-likeness (QED) is 0.466. The number of carbonyl (C=O) groups is 1. The van der Waals surface area contributed by atoms with Crippen LogP contribution in [-0.4, -0.2) is 16.1 Å². The number of nitrogens with zero attached hydrogens (tertiary/aromatic N) is 2. The molecule has 58 valence electrons. The number of allylic oxidation sites excluding steroid dienone is 1. The van der Waals surface area contributed by atoms with Crippen LogP contribution < -0.4 is 0 Å². The Balaban J connectivity index is 2.94. The Morgan fingerprint density at radius 3 is 2.91 bits per heavy atom. The molecule has 0 N–H and O–H groups in total. The number of rotatable bonds is 2. The van der Waals surface area contributed by atoms with Crippen molar-refractivity contribution in [1.82, 2.24) is 9.78 Å². The van der Waals surface area contributed by atoms with Crippen molar-refractivity contribution < 1.29 is 4.79 Å². The minimum Gasteiger partial charge on any atom is -0.298 e. The molecule has 0 saturated carbocycles. The standard InChI is InChI=1S/C8H10N2O/c1-7(6-11)5-8-3-4-9-10(8)2/h3-6H,1-2H3/b7-5+. The Morgan fingerprint density at radius 2 is 2.45 bits per heavy atom. The second-order valence-corrected chi connectivity index (χ2v) is 2.39. The molecule has 0 spiro atoms. The monoisotopic (exact) mass is 150 g/mol. The first-order valence-corrected chi connectivity index (χ1v) is 3.35. The van der Waals surface area contributed by atoms with Crippen molar-refractivity contribution in [3.63, 3.8) is 0 Å². The van der Waals surface area contributed by atoms with Crippen molar-refractivity contribution in [2.24, 2.45) is 7.05 Å². The second kappa shape index (κ2) is 3.14. The lowest BCUT2D eigenvalue weighted by molar-refractivity contribution is -0.104. The van der Waals surface area contributed by atoms with E-state index >= 15 is 0 Å². The van der Waals surface area contributed by atoms with Crippen LogP contribution in [0.25, 0.3) is 6.08 Å². The zero-order valence-electron chi connectivity index (χ0n) is 6.61. The van der Waals surface area contributed by atoms with Gasteiger partial charge in [-0.2, -0.15) is 5.10 Å². The smallest absolute Gasteiger partial charge is 0.145 e. The van der Waals surface area contributed by atoms with E-state index in [1.54, 1.807) is 23.9 Å². The topological polar surface area (TPSA) is 34.9 Å². The summed E-state index contributed by atoms with van der Waals surface area (Å²) in [6, 6.07) is 1.85. The maximum Gasteiger partial charge on any atom is 0.145 e. The molecule has 1 rings (SSSR count). The van der Waals surface area contributed by atoms with Gasteiger partial charge in [0.2, 0.25) is 0 Å². The van der Waals surface area contributed by atoms with Gasteiger partial charge in [0.1, 0.15) is 6.29 Å². The highest BCUT2D eigenvalue weighted by Gasteiger charge is 1.93. The molecule has 0 bridgehead atoms. The summed E-state index contributed by atoms with van der Waals surface area (Å²) in [5, 5.41) is 3.96. The van der Waals surface area contributed by atoms with Crippen LogP contribution in [0.15, 0.2) is 17.8 Å². The van der Waals surface area contributed by atoms with Gasteiger partial charge >= 0.3 is 0 Å². The van der Waals surface area contributed by atoms with Crippen LogP contribution >= 0.6 is 0 Å². The molecular weight excluding hydrogens is 140 g/mol. The molecular formula is C8H10N2O. The van der Waals surface area contributed by atoms with Gasteiger partial charge in [-0.15, -0.1) is 0 Å². The third kappa shape index (κ3) is 1.77. The number of carbonyl (C=O) groups excluding carboxylic acids is 1. The predicted molar refractivity (Wildman–Crippen MR) is 42.9 cm³/mol. The molecule has 3 heteroatoms. The second-order valence-electron chi connectivity index (χ2n) is 2.39. The van der Waals surface area contributed by atoms with E-state index < -0.39 is 0 Å². The third-order valence-electron chi connectivity index (χ3n) is 1.42. The van der Waals surface area contributed by atoms with Crippen molar-refractivity contribution in [2.75, 3.05) is 0 Å². The molecule has 0 radical (unpaired) electrons. The van der Waals surface area contributed by atoms with E-state index in [0.29, 0.717) is 5.57 Å². The predicted octanol–water partition coefficient (Wildman–Crippen LogP) is 1.02. The van der Waals surface area contributed by atoms with Crippen LogP contribution in [0, 0.1) is 0 Å². The lowest BCUT2D eigenvalue weighted by atomic mass is 10.2. The first-order chi connectivity index (χ1) is 5.24. The molecule has 0 amide bonds. The highest BCUT2D eigenvalue weighted by molar-refractivity contribution is 5.80. The number of aldehydes is 1. The first kappa shape index (κ1) is 7.72. The maximum absolute atomic E-state index is 10.2. The molecule has 0 fully saturated rings. The minimum absolute atomic E-state index is 0.702.